The molecule has 4 aromatic heterocycles. The van der Waals surface area contributed by atoms with E-state index in [4.69, 9.17) is 9.72 Å². The lowest BCUT2D eigenvalue weighted by atomic mass is 10.0. The third kappa shape index (κ3) is 3.15. The highest BCUT2D eigenvalue weighted by molar-refractivity contribution is 5.97. The Bertz CT molecular complexity index is 1410. The molecular weight excluding hydrogens is 402 g/mol. The van der Waals surface area contributed by atoms with Gasteiger partial charge in [0.05, 0.1) is 24.3 Å². The second-order valence-corrected chi connectivity index (χ2v) is 8.11. The molecule has 160 valence electrons. The first-order valence-electron chi connectivity index (χ1n) is 10.9. The summed E-state index contributed by atoms with van der Waals surface area (Å²) in [6, 6.07) is 10.1. The molecule has 0 amide bonds. The van der Waals surface area contributed by atoms with Crippen LogP contribution in [0.3, 0.4) is 0 Å². The molecule has 6 rings (SSSR count). The van der Waals surface area contributed by atoms with Gasteiger partial charge < -0.3 is 14.6 Å². The van der Waals surface area contributed by atoms with E-state index in [1.54, 1.807) is 13.3 Å². The smallest absolute Gasteiger partial charge is 0.159 e. The van der Waals surface area contributed by atoms with E-state index in [0.717, 1.165) is 69.2 Å². The molecule has 1 saturated heterocycles. The van der Waals surface area contributed by atoms with Crippen molar-refractivity contribution < 1.29 is 4.74 Å². The molecule has 8 nitrogen and oxygen atoms in total. The van der Waals surface area contributed by atoms with Gasteiger partial charge in [-0.2, -0.15) is 5.10 Å². The summed E-state index contributed by atoms with van der Waals surface area (Å²) < 4.78 is 5.33. The van der Waals surface area contributed by atoms with Gasteiger partial charge in [0, 0.05) is 36.4 Å². The lowest BCUT2D eigenvalue weighted by Gasteiger charge is -2.27. The number of aromatic nitrogens is 6. The number of piperidine rings is 1. The van der Waals surface area contributed by atoms with E-state index in [9.17, 15) is 0 Å². The van der Waals surface area contributed by atoms with Gasteiger partial charge in [0.1, 0.15) is 17.0 Å². The van der Waals surface area contributed by atoms with Crippen LogP contribution in [-0.4, -0.2) is 50.3 Å². The standard InChI is InChI=1S/C24H23N7O/c1-32-17-11-16(13-25-14-17)15-5-6-19-18(12-15)21(30-29-19)23-27-20-7-8-26-24(22(20)28-23)31-9-3-2-4-10-31/h5-8,11-14H,2-4,9-10H2,1H3,(H,27,28)(H,29,30). The first kappa shape index (κ1) is 18.8. The Hall–Kier alpha value is -3.94. The van der Waals surface area contributed by atoms with E-state index < -0.39 is 0 Å². The van der Waals surface area contributed by atoms with E-state index in [1.807, 2.05) is 30.6 Å². The van der Waals surface area contributed by atoms with Crippen molar-refractivity contribution in [3.63, 3.8) is 0 Å². The number of aromatic amines is 2. The van der Waals surface area contributed by atoms with Crippen molar-refractivity contribution in [1.29, 1.82) is 0 Å². The normalized spacial score (nSPS) is 14.3. The lowest BCUT2D eigenvalue weighted by molar-refractivity contribution is 0.413. The minimum Gasteiger partial charge on any atom is -0.495 e. The molecule has 5 heterocycles. The van der Waals surface area contributed by atoms with Crippen LogP contribution in [0.4, 0.5) is 5.82 Å². The molecule has 0 spiro atoms. The van der Waals surface area contributed by atoms with Crippen LogP contribution in [0.5, 0.6) is 5.75 Å². The Kier molecular flexibility index (Phi) is 4.49. The average molecular weight is 425 g/mol. The van der Waals surface area contributed by atoms with Gasteiger partial charge in [0.15, 0.2) is 11.6 Å². The van der Waals surface area contributed by atoms with Crippen molar-refractivity contribution in [2.45, 2.75) is 19.3 Å². The zero-order chi connectivity index (χ0) is 21.5. The monoisotopic (exact) mass is 425 g/mol. The second kappa shape index (κ2) is 7.64. The summed E-state index contributed by atoms with van der Waals surface area (Å²) >= 11 is 0. The zero-order valence-electron chi connectivity index (χ0n) is 17.8. The minimum atomic E-state index is 0.727. The quantitative estimate of drug-likeness (QED) is 0.438. The van der Waals surface area contributed by atoms with E-state index in [0.29, 0.717) is 0 Å². The summed E-state index contributed by atoms with van der Waals surface area (Å²) in [5, 5.41) is 8.71. The molecular formula is C24H23N7O. The molecule has 0 bridgehead atoms. The molecule has 0 saturated carbocycles. The fourth-order valence-electron chi connectivity index (χ4n) is 4.43. The van der Waals surface area contributed by atoms with Crippen LogP contribution in [0.2, 0.25) is 0 Å². The van der Waals surface area contributed by atoms with Crippen LogP contribution < -0.4 is 9.64 Å². The van der Waals surface area contributed by atoms with Crippen molar-refractivity contribution in [2.75, 3.05) is 25.1 Å². The molecule has 0 unspecified atom stereocenters. The highest BCUT2D eigenvalue weighted by Gasteiger charge is 2.19. The van der Waals surface area contributed by atoms with Gasteiger partial charge in [0.2, 0.25) is 0 Å². The van der Waals surface area contributed by atoms with Crippen LogP contribution in [-0.2, 0) is 0 Å². The summed E-state index contributed by atoms with van der Waals surface area (Å²) in [6.07, 6.45) is 9.06. The predicted molar refractivity (Wildman–Crippen MR) is 125 cm³/mol. The SMILES string of the molecule is COc1cncc(-c2ccc3[nH]nc(-c4nc5c(N6CCCCC6)nccc5[nH]4)c3c2)c1. The maximum Gasteiger partial charge on any atom is 0.159 e. The van der Waals surface area contributed by atoms with Crippen LogP contribution in [0.15, 0.2) is 48.9 Å². The molecule has 0 aliphatic carbocycles. The average Bonchev–Trinajstić information content (AvgIpc) is 3.48. The number of methoxy groups -OCH3 is 1. The molecule has 1 aromatic carbocycles. The third-order valence-electron chi connectivity index (χ3n) is 6.11. The summed E-state index contributed by atoms with van der Waals surface area (Å²) in [7, 11) is 1.65. The summed E-state index contributed by atoms with van der Waals surface area (Å²) in [5.41, 5.74) is 5.64. The summed E-state index contributed by atoms with van der Waals surface area (Å²) in [6.45, 7) is 2.05. The fourth-order valence-corrected chi connectivity index (χ4v) is 4.43. The Morgan fingerprint density at radius 3 is 2.75 bits per heavy atom. The Balaban J connectivity index is 1.45. The van der Waals surface area contributed by atoms with Gasteiger partial charge in [0.25, 0.3) is 0 Å². The van der Waals surface area contributed by atoms with E-state index >= 15 is 0 Å². The van der Waals surface area contributed by atoms with Crippen molar-refractivity contribution in [2.24, 2.45) is 0 Å². The highest BCUT2D eigenvalue weighted by atomic mass is 16.5. The fraction of sp³-hybridized carbons (Fsp3) is 0.250. The van der Waals surface area contributed by atoms with Crippen LogP contribution >= 0.6 is 0 Å². The first-order valence-corrected chi connectivity index (χ1v) is 10.9. The van der Waals surface area contributed by atoms with Crippen molar-refractivity contribution in [3.05, 3.63) is 48.9 Å². The molecule has 2 N–H and O–H groups in total. The number of nitrogens with zero attached hydrogens (tertiary/aromatic N) is 5. The van der Waals surface area contributed by atoms with Crippen molar-refractivity contribution in [3.8, 4) is 28.4 Å². The number of ether oxygens (including phenoxy) is 1. The van der Waals surface area contributed by atoms with Crippen LogP contribution in [0.1, 0.15) is 19.3 Å². The van der Waals surface area contributed by atoms with Crippen molar-refractivity contribution in [1.82, 2.24) is 30.1 Å². The van der Waals surface area contributed by atoms with Gasteiger partial charge in [-0.3, -0.25) is 10.1 Å². The van der Waals surface area contributed by atoms with Crippen LogP contribution in [0, 0.1) is 0 Å². The predicted octanol–water partition coefficient (Wildman–Crippen LogP) is 4.56. The minimum absolute atomic E-state index is 0.727. The number of hydrogen-bond acceptors (Lipinski definition) is 6. The Morgan fingerprint density at radius 1 is 0.969 bits per heavy atom. The van der Waals surface area contributed by atoms with Crippen molar-refractivity contribution >= 4 is 27.8 Å². The lowest BCUT2D eigenvalue weighted by Crippen LogP contribution is -2.30. The largest absolute Gasteiger partial charge is 0.495 e. The molecule has 1 aliphatic rings. The summed E-state index contributed by atoms with van der Waals surface area (Å²) in [5.74, 6) is 2.41. The van der Waals surface area contributed by atoms with Crippen LogP contribution in [0.25, 0.3) is 44.6 Å². The zero-order valence-corrected chi connectivity index (χ0v) is 17.8. The number of nitrogens with one attached hydrogen (secondary N) is 2. The number of imidazole rings is 1. The first-order chi connectivity index (χ1) is 15.8. The topological polar surface area (TPSA) is 95.6 Å². The molecule has 5 aromatic rings. The van der Waals surface area contributed by atoms with Gasteiger partial charge >= 0.3 is 0 Å². The summed E-state index contributed by atoms with van der Waals surface area (Å²) in [4.78, 5) is 19.7. The van der Waals surface area contributed by atoms with Gasteiger partial charge in [-0.05, 0) is 49.1 Å². The maximum absolute atomic E-state index is 5.33. The number of pyridine rings is 2. The molecule has 8 heteroatoms. The van der Waals surface area contributed by atoms with Gasteiger partial charge in [-0.25, -0.2) is 9.97 Å². The molecule has 0 radical (unpaired) electrons. The van der Waals surface area contributed by atoms with Gasteiger partial charge in [-0.15, -0.1) is 0 Å². The Labute approximate surface area is 184 Å². The maximum atomic E-state index is 5.33. The van der Waals surface area contributed by atoms with Gasteiger partial charge in [-0.1, -0.05) is 6.07 Å². The number of benzene rings is 1. The molecule has 1 fully saturated rings. The third-order valence-corrected chi connectivity index (χ3v) is 6.11. The Morgan fingerprint density at radius 2 is 1.88 bits per heavy atom. The molecule has 0 atom stereocenters. The number of rotatable bonds is 4. The van der Waals surface area contributed by atoms with E-state index in [-0.39, 0.29) is 0 Å². The van der Waals surface area contributed by atoms with E-state index in [1.165, 1.54) is 19.3 Å². The second-order valence-electron chi connectivity index (χ2n) is 8.11. The number of anilines is 1. The molecule has 1 aliphatic heterocycles. The number of hydrogen-bond donors (Lipinski definition) is 2. The number of H-pyrrole nitrogens is 2. The number of fused-ring (bicyclic) bond motifs is 2. The molecule has 32 heavy (non-hydrogen) atoms. The van der Waals surface area contributed by atoms with E-state index in [2.05, 4.69) is 42.2 Å². The highest BCUT2D eigenvalue weighted by Crippen LogP contribution is 2.33.